The van der Waals surface area contributed by atoms with Crippen molar-refractivity contribution in [3.63, 3.8) is 0 Å². The van der Waals surface area contributed by atoms with Gasteiger partial charge in [0.25, 0.3) is 0 Å². The third kappa shape index (κ3) is 13.6. The topological polar surface area (TPSA) is 103 Å². The van der Waals surface area contributed by atoms with E-state index in [0.29, 0.717) is 45.9 Å². The Labute approximate surface area is 163 Å². The van der Waals surface area contributed by atoms with Gasteiger partial charge in [-0.25, -0.2) is 0 Å². The zero-order valence-corrected chi connectivity index (χ0v) is 16.8. The fraction of sp³-hybridized carbons (Fsp3) is 0.895. The number of amides is 2. The second-order valence-corrected chi connectivity index (χ2v) is 7.10. The molecule has 1 atom stereocenters. The molecule has 27 heavy (non-hydrogen) atoms. The summed E-state index contributed by atoms with van der Waals surface area (Å²) in [6, 6.07) is 0. The number of carbonyl (C=O) groups is 2. The molecular weight excluding hydrogens is 348 g/mol. The van der Waals surface area contributed by atoms with E-state index in [-0.39, 0.29) is 24.9 Å². The molecule has 1 unspecified atom stereocenters. The van der Waals surface area contributed by atoms with E-state index in [4.69, 9.17) is 4.74 Å². The highest BCUT2D eigenvalue weighted by atomic mass is 16.5. The fourth-order valence-electron chi connectivity index (χ4n) is 2.97. The van der Waals surface area contributed by atoms with Crippen LogP contribution in [0.5, 0.6) is 0 Å². The Hall–Kier alpha value is -1.22. The molecule has 8 heteroatoms. The number of aliphatic hydroxyl groups is 1. The van der Waals surface area contributed by atoms with Crippen molar-refractivity contribution in [2.45, 2.75) is 51.6 Å². The van der Waals surface area contributed by atoms with Gasteiger partial charge in [0.1, 0.15) is 0 Å². The van der Waals surface area contributed by atoms with Crippen molar-refractivity contribution in [2.75, 3.05) is 59.0 Å². The van der Waals surface area contributed by atoms with Crippen molar-refractivity contribution in [1.29, 1.82) is 0 Å². The molecule has 158 valence electrons. The molecule has 1 rings (SSSR count). The summed E-state index contributed by atoms with van der Waals surface area (Å²) in [6.07, 6.45) is 6.72. The number of hydrogen-bond donors (Lipinski definition) is 4. The van der Waals surface area contributed by atoms with Gasteiger partial charge in [-0.05, 0) is 6.42 Å². The van der Waals surface area contributed by atoms with Gasteiger partial charge in [-0.2, -0.15) is 0 Å². The number of nitrogens with one attached hydrogen (secondary N) is 3. The minimum Gasteiger partial charge on any atom is -0.389 e. The van der Waals surface area contributed by atoms with Crippen LogP contribution in [0.3, 0.4) is 0 Å². The Kier molecular flexibility index (Phi) is 13.9. The summed E-state index contributed by atoms with van der Waals surface area (Å²) in [4.78, 5) is 25.3. The Morgan fingerprint density at radius 1 is 1.00 bits per heavy atom. The van der Waals surface area contributed by atoms with Gasteiger partial charge in [0.2, 0.25) is 11.8 Å². The van der Waals surface area contributed by atoms with E-state index in [1.54, 1.807) is 0 Å². The van der Waals surface area contributed by atoms with Crippen LogP contribution in [0.15, 0.2) is 0 Å². The highest BCUT2D eigenvalue weighted by Gasteiger charge is 2.14. The lowest BCUT2D eigenvalue weighted by Gasteiger charge is -2.25. The Balaban J connectivity index is 2.21. The van der Waals surface area contributed by atoms with E-state index < -0.39 is 6.10 Å². The number of β-amino-alcohol motifs (C(OH)–C–C–N with tert-alkyl or cyclic N) is 1. The molecule has 4 N–H and O–H groups in total. The summed E-state index contributed by atoms with van der Waals surface area (Å²) in [5.74, 6) is -0.266. The van der Waals surface area contributed by atoms with Gasteiger partial charge in [0.15, 0.2) is 0 Å². The second kappa shape index (κ2) is 15.8. The summed E-state index contributed by atoms with van der Waals surface area (Å²) in [5.41, 5.74) is 0. The van der Waals surface area contributed by atoms with Gasteiger partial charge < -0.3 is 20.5 Å². The largest absolute Gasteiger partial charge is 0.389 e. The maximum atomic E-state index is 11.6. The molecule has 0 aromatic carbocycles. The van der Waals surface area contributed by atoms with Crippen molar-refractivity contribution >= 4 is 11.8 Å². The predicted molar refractivity (Wildman–Crippen MR) is 106 cm³/mol. The number of rotatable bonds is 11. The van der Waals surface area contributed by atoms with Crippen LogP contribution in [0.1, 0.15) is 45.4 Å². The molecule has 1 heterocycles. The van der Waals surface area contributed by atoms with Crippen LogP contribution < -0.4 is 16.0 Å². The van der Waals surface area contributed by atoms with Crippen LogP contribution >= 0.6 is 0 Å². The van der Waals surface area contributed by atoms with Gasteiger partial charge in [-0.15, -0.1) is 0 Å². The second-order valence-electron chi connectivity index (χ2n) is 7.10. The maximum Gasteiger partial charge on any atom is 0.234 e. The first-order valence-corrected chi connectivity index (χ1v) is 10.3. The molecule has 8 nitrogen and oxygen atoms in total. The Bertz CT molecular complexity index is 387. The van der Waals surface area contributed by atoms with Crippen LogP contribution in [0, 0.1) is 0 Å². The SMILES string of the molecule is CCCCCCCCOCC(O)CN1CCNC(=O)CNCC(=O)NCC1. The van der Waals surface area contributed by atoms with Crippen LogP contribution in [-0.2, 0) is 14.3 Å². The van der Waals surface area contributed by atoms with Crippen molar-refractivity contribution in [1.82, 2.24) is 20.9 Å². The maximum absolute atomic E-state index is 11.6. The summed E-state index contributed by atoms with van der Waals surface area (Å²) >= 11 is 0. The lowest BCUT2D eigenvalue weighted by molar-refractivity contribution is -0.121. The highest BCUT2D eigenvalue weighted by Crippen LogP contribution is 2.05. The first kappa shape index (κ1) is 23.8. The van der Waals surface area contributed by atoms with Crippen molar-refractivity contribution < 1.29 is 19.4 Å². The number of aliphatic hydroxyl groups excluding tert-OH is 1. The molecule has 2 amide bonds. The van der Waals surface area contributed by atoms with Gasteiger partial charge in [-0.1, -0.05) is 39.0 Å². The molecule has 1 aliphatic heterocycles. The van der Waals surface area contributed by atoms with Gasteiger partial charge >= 0.3 is 0 Å². The number of carbonyl (C=O) groups excluding carboxylic acids is 2. The molecule has 0 aliphatic carbocycles. The zero-order chi connectivity index (χ0) is 19.7. The minimum absolute atomic E-state index is 0.127. The first-order valence-electron chi connectivity index (χ1n) is 10.3. The molecule has 1 aliphatic rings. The van der Waals surface area contributed by atoms with E-state index >= 15 is 0 Å². The number of unbranched alkanes of at least 4 members (excludes halogenated alkanes) is 5. The lowest BCUT2D eigenvalue weighted by atomic mass is 10.1. The van der Waals surface area contributed by atoms with E-state index in [2.05, 4.69) is 22.9 Å². The lowest BCUT2D eigenvalue weighted by Crippen LogP contribution is -2.47. The molecule has 1 fully saturated rings. The van der Waals surface area contributed by atoms with Gasteiger partial charge in [0.05, 0.1) is 25.8 Å². The third-order valence-corrected chi connectivity index (χ3v) is 4.49. The number of ether oxygens (including phenoxy) is 1. The summed E-state index contributed by atoms with van der Waals surface area (Å²) in [7, 11) is 0. The molecule has 0 radical (unpaired) electrons. The molecule has 1 saturated heterocycles. The summed E-state index contributed by atoms with van der Waals surface area (Å²) in [5, 5.41) is 18.6. The van der Waals surface area contributed by atoms with Crippen LogP contribution in [0.4, 0.5) is 0 Å². The standard InChI is InChI=1S/C19H38N4O4/c1-2-3-4-5-6-7-12-27-16-17(24)15-23-10-8-21-18(25)13-20-14-19(26)22-9-11-23/h17,20,24H,2-16H2,1H3,(H,21,25)(H,22,26). The molecule has 0 spiro atoms. The summed E-state index contributed by atoms with van der Waals surface area (Å²) < 4.78 is 5.59. The number of nitrogens with zero attached hydrogens (tertiary/aromatic N) is 1. The predicted octanol–water partition coefficient (Wildman–Crippen LogP) is -0.138. The molecule has 0 aromatic heterocycles. The summed E-state index contributed by atoms with van der Waals surface area (Å²) in [6.45, 7) is 6.19. The van der Waals surface area contributed by atoms with Crippen molar-refractivity contribution in [3.05, 3.63) is 0 Å². The van der Waals surface area contributed by atoms with E-state index in [1.165, 1.54) is 32.1 Å². The minimum atomic E-state index is -0.578. The van der Waals surface area contributed by atoms with Crippen LogP contribution in [-0.4, -0.2) is 87.0 Å². The zero-order valence-electron chi connectivity index (χ0n) is 16.8. The molecule has 0 aromatic rings. The first-order chi connectivity index (χ1) is 13.1. The van der Waals surface area contributed by atoms with Crippen LogP contribution in [0.25, 0.3) is 0 Å². The van der Waals surface area contributed by atoms with Gasteiger partial charge in [0, 0.05) is 39.3 Å². The van der Waals surface area contributed by atoms with E-state index in [9.17, 15) is 14.7 Å². The third-order valence-electron chi connectivity index (χ3n) is 4.49. The van der Waals surface area contributed by atoms with Crippen molar-refractivity contribution in [2.24, 2.45) is 0 Å². The van der Waals surface area contributed by atoms with Crippen molar-refractivity contribution in [3.8, 4) is 0 Å². The van der Waals surface area contributed by atoms with Gasteiger partial charge in [-0.3, -0.25) is 19.8 Å². The highest BCUT2D eigenvalue weighted by molar-refractivity contribution is 5.81. The van der Waals surface area contributed by atoms with E-state index in [1.807, 2.05) is 4.90 Å². The molecular formula is C19H38N4O4. The number of hydrogen-bond acceptors (Lipinski definition) is 6. The van der Waals surface area contributed by atoms with Crippen LogP contribution in [0.2, 0.25) is 0 Å². The molecule has 0 saturated carbocycles. The smallest absolute Gasteiger partial charge is 0.234 e. The van der Waals surface area contributed by atoms with E-state index in [0.717, 1.165) is 6.42 Å². The molecule has 0 bridgehead atoms. The monoisotopic (exact) mass is 386 g/mol. The average Bonchev–Trinajstić information content (AvgIpc) is 2.62. The Morgan fingerprint density at radius 3 is 2.22 bits per heavy atom. The fourth-order valence-corrected chi connectivity index (χ4v) is 2.97. The quantitative estimate of drug-likeness (QED) is 0.369. The normalized spacial score (nSPS) is 18.9. The average molecular weight is 387 g/mol. The Morgan fingerprint density at radius 2 is 1.59 bits per heavy atom.